The van der Waals surface area contributed by atoms with E-state index in [4.69, 9.17) is 15.2 Å². The fourth-order valence-corrected chi connectivity index (χ4v) is 4.06. The fraction of sp³-hybridized carbons (Fsp3) is 0.333. The van der Waals surface area contributed by atoms with Crippen molar-refractivity contribution < 1.29 is 13.9 Å². The van der Waals surface area contributed by atoms with Crippen LogP contribution in [0.1, 0.15) is 17.2 Å². The van der Waals surface area contributed by atoms with Gasteiger partial charge >= 0.3 is 5.69 Å². The van der Waals surface area contributed by atoms with Crippen molar-refractivity contribution in [2.45, 2.75) is 25.4 Å². The minimum atomic E-state index is -1.23. The molecule has 7 heteroatoms. The van der Waals surface area contributed by atoms with E-state index < -0.39 is 17.9 Å². The van der Waals surface area contributed by atoms with E-state index in [2.05, 4.69) is 4.98 Å². The third-order valence-corrected chi connectivity index (χ3v) is 5.74. The molecule has 1 fully saturated rings. The van der Waals surface area contributed by atoms with Crippen LogP contribution in [-0.4, -0.2) is 28.9 Å². The van der Waals surface area contributed by atoms with Crippen molar-refractivity contribution >= 4 is 5.82 Å². The van der Waals surface area contributed by atoms with Gasteiger partial charge in [-0.25, -0.2) is 9.18 Å². The van der Waals surface area contributed by atoms with Crippen LogP contribution < -0.4 is 11.4 Å². The number of nitrogens with two attached hydrogens (primary N) is 1. The van der Waals surface area contributed by atoms with E-state index in [1.54, 1.807) is 0 Å². The van der Waals surface area contributed by atoms with Crippen LogP contribution in [0.3, 0.4) is 0 Å². The van der Waals surface area contributed by atoms with Crippen LogP contribution in [0.25, 0.3) is 0 Å². The van der Waals surface area contributed by atoms with E-state index in [9.17, 15) is 4.79 Å². The van der Waals surface area contributed by atoms with Crippen molar-refractivity contribution in [3.63, 3.8) is 0 Å². The van der Waals surface area contributed by atoms with Gasteiger partial charge in [-0.15, -0.1) is 0 Å². The third-order valence-electron chi connectivity index (χ3n) is 5.74. The number of ether oxygens (including phenoxy) is 2. The number of halogens is 1. The summed E-state index contributed by atoms with van der Waals surface area (Å²) in [6, 6.07) is 20.4. The molecule has 162 valence electrons. The SMILES string of the molecule is Nc1ccn(C2C(F)C(COCc3ccccc3)C2COCc2ccccc2)c(=O)n1. The number of hydrogen-bond acceptors (Lipinski definition) is 5. The molecule has 3 aromatic rings. The molecule has 2 N–H and O–H groups in total. The minimum Gasteiger partial charge on any atom is -0.383 e. The number of alkyl halides is 1. The van der Waals surface area contributed by atoms with Crippen molar-refractivity contribution in [3.05, 3.63) is 94.5 Å². The molecule has 4 unspecified atom stereocenters. The highest BCUT2D eigenvalue weighted by Crippen LogP contribution is 2.46. The van der Waals surface area contributed by atoms with Crippen LogP contribution in [0.4, 0.5) is 10.2 Å². The van der Waals surface area contributed by atoms with Crippen LogP contribution >= 0.6 is 0 Å². The highest BCUT2D eigenvalue weighted by molar-refractivity contribution is 5.24. The predicted molar refractivity (Wildman–Crippen MR) is 116 cm³/mol. The summed E-state index contributed by atoms with van der Waals surface area (Å²) < 4.78 is 28.2. The summed E-state index contributed by atoms with van der Waals surface area (Å²) in [5.41, 5.74) is 7.11. The maximum Gasteiger partial charge on any atom is 0.349 e. The molecule has 0 saturated heterocycles. The van der Waals surface area contributed by atoms with Crippen molar-refractivity contribution in [2.75, 3.05) is 18.9 Å². The summed E-state index contributed by atoms with van der Waals surface area (Å²) in [5.74, 6) is -0.456. The minimum absolute atomic E-state index is 0.121. The summed E-state index contributed by atoms with van der Waals surface area (Å²) in [4.78, 5) is 16.0. The first-order chi connectivity index (χ1) is 15.1. The lowest BCUT2D eigenvalue weighted by Crippen LogP contribution is -2.55. The van der Waals surface area contributed by atoms with Crippen molar-refractivity contribution in [2.24, 2.45) is 11.8 Å². The molecular formula is C24H26FN3O3. The maximum absolute atomic E-state index is 15.2. The molecule has 1 saturated carbocycles. The Morgan fingerprint density at radius 3 is 1.97 bits per heavy atom. The lowest BCUT2D eigenvalue weighted by Gasteiger charge is -2.48. The standard InChI is InChI=1S/C24H26FN3O3/c25-22-19(15-30-13-17-7-3-1-4-8-17)20(16-31-14-18-9-5-2-6-10-18)23(22)28-12-11-21(26)27-24(28)29/h1-12,19-20,22-23H,13-16H2,(H2,26,27,29). The Hall–Kier alpha value is -3.03. The molecule has 4 rings (SSSR count). The molecule has 31 heavy (non-hydrogen) atoms. The number of hydrogen-bond donors (Lipinski definition) is 1. The smallest absolute Gasteiger partial charge is 0.349 e. The van der Waals surface area contributed by atoms with Crippen molar-refractivity contribution in [3.8, 4) is 0 Å². The predicted octanol–water partition coefficient (Wildman–Crippen LogP) is 3.38. The number of anilines is 1. The molecule has 0 radical (unpaired) electrons. The zero-order valence-electron chi connectivity index (χ0n) is 17.1. The fourth-order valence-electron chi connectivity index (χ4n) is 4.06. The molecule has 1 heterocycles. The summed E-state index contributed by atoms with van der Waals surface area (Å²) >= 11 is 0. The van der Waals surface area contributed by atoms with Crippen LogP contribution in [0.15, 0.2) is 77.7 Å². The summed E-state index contributed by atoms with van der Waals surface area (Å²) in [6.45, 7) is 1.41. The van der Waals surface area contributed by atoms with Crippen molar-refractivity contribution in [1.82, 2.24) is 9.55 Å². The molecule has 0 bridgehead atoms. The summed E-state index contributed by atoms with van der Waals surface area (Å²) in [7, 11) is 0. The van der Waals surface area contributed by atoms with Gasteiger partial charge in [-0.1, -0.05) is 60.7 Å². The average Bonchev–Trinajstić information content (AvgIpc) is 2.79. The quantitative estimate of drug-likeness (QED) is 0.571. The zero-order valence-corrected chi connectivity index (χ0v) is 17.1. The second-order valence-electron chi connectivity index (χ2n) is 7.81. The maximum atomic E-state index is 15.2. The van der Waals surface area contributed by atoms with Gasteiger partial charge in [0.25, 0.3) is 0 Å². The second kappa shape index (κ2) is 9.85. The van der Waals surface area contributed by atoms with Crippen LogP contribution in [0.5, 0.6) is 0 Å². The first-order valence-electron chi connectivity index (χ1n) is 10.4. The van der Waals surface area contributed by atoms with Crippen LogP contribution in [0.2, 0.25) is 0 Å². The number of nitrogens with zero attached hydrogens (tertiary/aromatic N) is 2. The molecule has 1 aliphatic carbocycles. The Balaban J connectivity index is 1.43. The molecule has 0 aliphatic heterocycles. The van der Waals surface area contributed by atoms with Gasteiger partial charge < -0.3 is 15.2 Å². The zero-order chi connectivity index (χ0) is 21.6. The van der Waals surface area contributed by atoms with Gasteiger partial charge in [-0.2, -0.15) is 4.98 Å². The largest absolute Gasteiger partial charge is 0.383 e. The summed E-state index contributed by atoms with van der Waals surface area (Å²) in [6.07, 6.45) is 0.275. The van der Waals surface area contributed by atoms with E-state index in [-0.39, 0.29) is 24.3 Å². The number of nitrogen functional groups attached to an aromatic ring is 1. The molecule has 0 amide bonds. The number of benzene rings is 2. The number of aromatic nitrogens is 2. The van der Waals surface area contributed by atoms with Gasteiger partial charge in [0, 0.05) is 18.0 Å². The molecule has 1 aromatic heterocycles. The average molecular weight is 423 g/mol. The van der Waals surface area contributed by atoms with E-state index >= 15 is 4.39 Å². The first kappa shape index (κ1) is 21.2. The second-order valence-corrected chi connectivity index (χ2v) is 7.81. The highest BCUT2D eigenvalue weighted by atomic mass is 19.1. The number of rotatable bonds is 9. The summed E-state index contributed by atoms with van der Waals surface area (Å²) in [5, 5.41) is 0. The Morgan fingerprint density at radius 1 is 0.871 bits per heavy atom. The van der Waals surface area contributed by atoms with E-state index in [1.165, 1.54) is 16.8 Å². The van der Waals surface area contributed by atoms with Gasteiger partial charge in [0.15, 0.2) is 0 Å². The lowest BCUT2D eigenvalue weighted by molar-refractivity contribution is -0.116. The van der Waals surface area contributed by atoms with E-state index in [0.717, 1.165) is 11.1 Å². The molecule has 1 aliphatic rings. The Morgan fingerprint density at radius 2 is 1.42 bits per heavy atom. The topological polar surface area (TPSA) is 79.4 Å². The Kier molecular flexibility index (Phi) is 6.74. The van der Waals surface area contributed by atoms with Gasteiger partial charge in [0.1, 0.15) is 12.0 Å². The highest BCUT2D eigenvalue weighted by Gasteiger charge is 2.52. The van der Waals surface area contributed by atoms with E-state index in [1.807, 2.05) is 60.7 Å². The monoisotopic (exact) mass is 423 g/mol. The first-order valence-corrected chi connectivity index (χ1v) is 10.4. The Labute approximate surface area is 180 Å². The van der Waals surface area contributed by atoms with Crippen molar-refractivity contribution in [1.29, 1.82) is 0 Å². The molecular weight excluding hydrogens is 397 g/mol. The van der Waals surface area contributed by atoms with Gasteiger partial charge in [-0.3, -0.25) is 4.57 Å². The molecule has 6 nitrogen and oxygen atoms in total. The normalized spacial score (nSPS) is 22.7. The third kappa shape index (κ3) is 5.00. The van der Waals surface area contributed by atoms with Gasteiger partial charge in [-0.05, 0) is 17.2 Å². The molecule has 2 aromatic carbocycles. The van der Waals surface area contributed by atoms with E-state index in [0.29, 0.717) is 19.8 Å². The lowest BCUT2D eigenvalue weighted by atomic mass is 9.68. The van der Waals surface area contributed by atoms with Gasteiger partial charge in [0.2, 0.25) is 0 Å². The molecule has 0 spiro atoms. The Bertz CT molecular complexity index is 1030. The molecule has 4 atom stereocenters. The van der Waals surface area contributed by atoms with Gasteiger partial charge in [0.05, 0.1) is 32.5 Å². The van der Waals surface area contributed by atoms with Crippen LogP contribution in [0, 0.1) is 11.8 Å². The van der Waals surface area contributed by atoms with Crippen LogP contribution in [-0.2, 0) is 22.7 Å².